The summed E-state index contributed by atoms with van der Waals surface area (Å²) in [4.78, 5) is 29.3. The average Bonchev–Trinajstić information content (AvgIpc) is 2.71. The molecule has 0 atom stereocenters. The average molecular weight is 370 g/mol. The summed E-state index contributed by atoms with van der Waals surface area (Å²) in [6.45, 7) is 11.1. The van der Waals surface area contributed by atoms with Gasteiger partial charge in [-0.3, -0.25) is 19.4 Å². The summed E-state index contributed by atoms with van der Waals surface area (Å²) in [5.74, 6) is 0.117. The van der Waals surface area contributed by atoms with Crippen LogP contribution in [0.2, 0.25) is 0 Å². The van der Waals surface area contributed by atoms with E-state index in [-0.39, 0.29) is 11.8 Å². The molecular weight excluding hydrogens is 348 g/mol. The van der Waals surface area contributed by atoms with E-state index in [0.717, 1.165) is 5.57 Å². The predicted octanol–water partition coefficient (Wildman–Crippen LogP) is 5.23. The minimum atomic E-state index is -0.186. The molecule has 0 radical (unpaired) electrons. The Morgan fingerprint density at radius 2 is 1.64 bits per heavy atom. The highest BCUT2D eigenvalue weighted by Gasteiger charge is 2.37. The molecule has 4 heteroatoms. The molecule has 1 aliphatic heterocycles. The zero-order valence-corrected chi connectivity index (χ0v) is 16.1. The van der Waals surface area contributed by atoms with Crippen molar-refractivity contribution < 1.29 is 9.59 Å². The van der Waals surface area contributed by atoms with Crippen molar-refractivity contribution in [3.05, 3.63) is 109 Å². The second-order valence-corrected chi connectivity index (χ2v) is 6.42. The standard InChI is InChI=1S/C24H22N2O2/c1-5-6-12-17(2)18(3)23-25(19(4)27)22-16-11-10-15-21(22)24(28)26(23)20-13-8-7-9-14-20/h5-16H,1-2H2,3-4H3/b12-6-,23-18-. The molecule has 0 aliphatic carbocycles. The van der Waals surface area contributed by atoms with Crippen molar-refractivity contribution in [2.45, 2.75) is 13.8 Å². The summed E-state index contributed by atoms with van der Waals surface area (Å²) in [6, 6.07) is 16.4. The fourth-order valence-corrected chi connectivity index (χ4v) is 3.20. The minimum Gasteiger partial charge on any atom is -0.274 e. The molecule has 0 unspecified atom stereocenters. The van der Waals surface area contributed by atoms with Gasteiger partial charge < -0.3 is 0 Å². The highest BCUT2D eigenvalue weighted by atomic mass is 16.2. The number of carbonyl (C=O) groups is 2. The summed E-state index contributed by atoms with van der Waals surface area (Å²) in [7, 11) is 0. The van der Waals surface area contributed by atoms with E-state index in [0.29, 0.717) is 28.3 Å². The minimum absolute atomic E-state index is 0.185. The van der Waals surface area contributed by atoms with Crippen LogP contribution in [0.1, 0.15) is 24.2 Å². The SMILES string of the molecule is C=C/C=C\C(=C)/C(C)=C1\N(c2ccccc2)C(=O)c2ccccc2N1C(C)=O. The van der Waals surface area contributed by atoms with Crippen molar-refractivity contribution in [3.8, 4) is 0 Å². The lowest BCUT2D eigenvalue weighted by atomic mass is 10.0. The third kappa shape index (κ3) is 3.32. The predicted molar refractivity (Wildman–Crippen MR) is 114 cm³/mol. The highest BCUT2D eigenvalue weighted by Crippen LogP contribution is 2.38. The summed E-state index contributed by atoms with van der Waals surface area (Å²) in [5.41, 5.74) is 3.14. The van der Waals surface area contributed by atoms with Crippen LogP contribution >= 0.6 is 0 Å². The molecule has 2 amide bonds. The third-order valence-electron chi connectivity index (χ3n) is 4.58. The van der Waals surface area contributed by atoms with Crippen molar-refractivity contribution in [2.75, 3.05) is 9.80 Å². The van der Waals surface area contributed by atoms with Crippen LogP contribution in [0.25, 0.3) is 0 Å². The number of rotatable bonds is 4. The van der Waals surface area contributed by atoms with Crippen molar-refractivity contribution >= 4 is 23.2 Å². The van der Waals surface area contributed by atoms with Gasteiger partial charge in [-0.25, -0.2) is 0 Å². The monoisotopic (exact) mass is 370 g/mol. The van der Waals surface area contributed by atoms with Gasteiger partial charge in [0.25, 0.3) is 5.91 Å². The maximum atomic E-state index is 13.4. The molecule has 1 aliphatic rings. The molecule has 1 heterocycles. The Labute approximate surface area is 165 Å². The quantitative estimate of drug-likeness (QED) is 0.692. The smallest absolute Gasteiger partial charge is 0.266 e. The summed E-state index contributed by atoms with van der Waals surface area (Å²) < 4.78 is 0. The van der Waals surface area contributed by atoms with E-state index in [2.05, 4.69) is 13.2 Å². The molecule has 0 bridgehead atoms. The number of allylic oxidation sites excluding steroid dienone is 5. The molecule has 140 valence electrons. The van der Waals surface area contributed by atoms with E-state index < -0.39 is 0 Å². The Morgan fingerprint density at radius 3 is 2.29 bits per heavy atom. The molecule has 0 N–H and O–H groups in total. The van der Waals surface area contributed by atoms with Crippen molar-refractivity contribution in [1.82, 2.24) is 0 Å². The van der Waals surface area contributed by atoms with Gasteiger partial charge in [-0.1, -0.05) is 61.7 Å². The first-order valence-electron chi connectivity index (χ1n) is 8.96. The van der Waals surface area contributed by atoms with Gasteiger partial charge in [0.1, 0.15) is 5.82 Å². The second-order valence-electron chi connectivity index (χ2n) is 6.42. The number of fused-ring (bicyclic) bond motifs is 1. The fraction of sp³-hybridized carbons (Fsp3) is 0.0833. The van der Waals surface area contributed by atoms with E-state index in [4.69, 9.17) is 0 Å². The van der Waals surface area contributed by atoms with Gasteiger partial charge in [-0.05, 0) is 42.3 Å². The van der Waals surface area contributed by atoms with Crippen molar-refractivity contribution in [1.29, 1.82) is 0 Å². The maximum Gasteiger partial charge on any atom is 0.266 e. The number of benzene rings is 2. The first-order chi connectivity index (χ1) is 13.5. The van der Waals surface area contributed by atoms with E-state index in [1.54, 1.807) is 40.2 Å². The summed E-state index contributed by atoms with van der Waals surface area (Å²) >= 11 is 0. The lowest BCUT2D eigenvalue weighted by molar-refractivity contribution is -0.116. The molecule has 0 saturated heterocycles. The maximum absolute atomic E-state index is 13.4. The van der Waals surface area contributed by atoms with Crippen LogP contribution < -0.4 is 9.80 Å². The zero-order valence-electron chi connectivity index (χ0n) is 16.1. The Balaban J connectivity index is 2.34. The molecule has 28 heavy (non-hydrogen) atoms. The number of nitrogens with zero attached hydrogens (tertiary/aromatic N) is 2. The van der Waals surface area contributed by atoms with Crippen LogP contribution in [0.3, 0.4) is 0 Å². The summed E-state index contributed by atoms with van der Waals surface area (Å²) in [6.07, 6.45) is 5.24. The Kier molecular flexibility index (Phi) is 5.41. The number of anilines is 2. The Bertz CT molecular complexity index is 1020. The van der Waals surface area contributed by atoms with Crippen molar-refractivity contribution in [3.63, 3.8) is 0 Å². The van der Waals surface area contributed by atoms with Gasteiger partial charge in [-0.2, -0.15) is 0 Å². The largest absolute Gasteiger partial charge is 0.274 e. The first kappa shape index (κ1) is 19.1. The number of amides is 2. The molecule has 2 aromatic carbocycles. The summed E-state index contributed by atoms with van der Waals surface area (Å²) in [5, 5.41) is 0. The van der Waals surface area contributed by atoms with Crippen LogP contribution in [0.5, 0.6) is 0 Å². The molecular formula is C24H22N2O2. The van der Waals surface area contributed by atoms with Crippen molar-refractivity contribution in [2.24, 2.45) is 0 Å². The number of hydrogen-bond donors (Lipinski definition) is 0. The van der Waals surface area contributed by atoms with E-state index in [1.165, 1.54) is 6.92 Å². The Morgan fingerprint density at radius 1 is 1.00 bits per heavy atom. The van der Waals surface area contributed by atoms with E-state index in [1.807, 2.05) is 49.4 Å². The van der Waals surface area contributed by atoms with Gasteiger partial charge in [0.15, 0.2) is 0 Å². The fourth-order valence-electron chi connectivity index (χ4n) is 3.20. The number of para-hydroxylation sites is 2. The lowest BCUT2D eigenvalue weighted by Crippen LogP contribution is -2.47. The third-order valence-corrected chi connectivity index (χ3v) is 4.58. The number of carbonyl (C=O) groups excluding carboxylic acids is 2. The van der Waals surface area contributed by atoms with E-state index in [9.17, 15) is 9.59 Å². The van der Waals surface area contributed by atoms with E-state index >= 15 is 0 Å². The Hall–Kier alpha value is -3.66. The van der Waals surface area contributed by atoms with Crippen LogP contribution in [-0.2, 0) is 4.79 Å². The molecule has 0 aromatic heterocycles. The molecule has 0 fully saturated rings. The van der Waals surface area contributed by atoms with Crippen LogP contribution in [-0.4, -0.2) is 11.8 Å². The number of hydrogen-bond acceptors (Lipinski definition) is 2. The topological polar surface area (TPSA) is 40.6 Å². The van der Waals surface area contributed by atoms with Gasteiger partial charge in [-0.15, -0.1) is 0 Å². The zero-order chi connectivity index (χ0) is 20.3. The van der Waals surface area contributed by atoms with Crippen LogP contribution in [0, 0.1) is 0 Å². The molecule has 4 nitrogen and oxygen atoms in total. The van der Waals surface area contributed by atoms with Gasteiger partial charge in [0.2, 0.25) is 5.91 Å². The van der Waals surface area contributed by atoms with Gasteiger partial charge >= 0.3 is 0 Å². The highest BCUT2D eigenvalue weighted by molar-refractivity contribution is 6.18. The van der Waals surface area contributed by atoms with Gasteiger partial charge in [0.05, 0.1) is 16.9 Å². The molecule has 2 aromatic rings. The normalized spacial score (nSPS) is 15.4. The lowest BCUT2D eigenvalue weighted by Gasteiger charge is -2.39. The molecule has 0 spiro atoms. The second kappa shape index (κ2) is 7.92. The molecule has 0 saturated carbocycles. The first-order valence-corrected chi connectivity index (χ1v) is 8.96. The van der Waals surface area contributed by atoms with Gasteiger partial charge in [0, 0.05) is 6.92 Å². The van der Waals surface area contributed by atoms with Crippen LogP contribution in [0.4, 0.5) is 11.4 Å². The van der Waals surface area contributed by atoms with Crippen LogP contribution in [0.15, 0.2) is 103 Å². The molecule has 3 rings (SSSR count).